The Morgan fingerprint density at radius 3 is 0.966 bits per heavy atom. The third kappa shape index (κ3) is 27.1. The van der Waals surface area contributed by atoms with E-state index in [0.29, 0.717) is 0 Å². The average molecular weight is 401 g/mol. The van der Waals surface area contributed by atoms with E-state index in [1.54, 1.807) is 0 Å². The van der Waals surface area contributed by atoms with Crippen molar-refractivity contribution in [3.8, 4) is 24.2 Å². The highest BCUT2D eigenvalue weighted by atomic mass is 14.0. The molecule has 0 saturated carbocycles. The van der Waals surface area contributed by atoms with Crippen LogP contribution < -0.4 is 0 Å². The van der Waals surface area contributed by atoms with Crippen molar-refractivity contribution in [2.75, 3.05) is 0 Å². The Labute approximate surface area is 185 Å². The van der Waals surface area contributed by atoms with Gasteiger partial charge < -0.3 is 0 Å². The van der Waals surface area contributed by atoms with Crippen LogP contribution in [0.4, 0.5) is 0 Å². The molecular weight excluding hydrogens is 348 g/mol. The Morgan fingerprint density at radius 1 is 0.414 bits per heavy atom. The fourth-order valence-corrected chi connectivity index (χ4v) is 4.11. The van der Waals surface area contributed by atoms with Gasteiger partial charge in [-0.1, -0.05) is 154 Å². The number of unbranched alkanes of at least 4 members (excludes halogenated alkanes) is 23. The second-order valence-electron chi connectivity index (χ2n) is 8.97. The minimum Gasteiger partial charge on any atom is -0.106 e. The fourth-order valence-electron chi connectivity index (χ4n) is 4.11. The minimum absolute atomic E-state index is 0.976. The Bertz CT molecular complexity index is 388. The highest BCUT2D eigenvalue weighted by Crippen LogP contribution is 2.15. The summed E-state index contributed by atoms with van der Waals surface area (Å²) in [6.07, 6.45) is 39.1. The van der Waals surface area contributed by atoms with Crippen LogP contribution in [0.25, 0.3) is 0 Å². The Balaban J connectivity index is 3.01. The number of hydrogen-bond acceptors (Lipinski definition) is 0. The number of terminal acetylenes is 1. The van der Waals surface area contributed by atoms with Crippen LogP contribution in [0.15, 0.2) is 0 Å². The van der Waals surface area contributed by atoms with Gasteiger partial charge in [-0.05, 0) is 18.3 Å². The quantitative estimate of drug-likeness (QED) is 0.118. The summed E-state index contributed by atoms with van der Waals surface area (Å²) >= 11 is 0. The highest BCUT2D eigenvalue weighted by Gasteiger charge is 1.95. The van der Waals surface area contributed by atoms with Gasteiger partial charge in [-0.15, -0.1) is 6.42 Å². The first kappa shape index (κ1) is 28.1. The molecule has 0 unspecified atom stereocenters. The highest BCUT2D eigenvalue weighted by molar-refractivity contribution is 5.21. The van der Waals surface area contributed by atoms with E-state index in [0.717, 1.165) is 6.42 Å². The molecule has 0 aromatic rings. The maximum absolute atomic E-state index is 5.10. The molecule has 0 heterocycles. The van der Waals surface area contributed by atoms with E-state index in [1.807, 2.05) is 0 Å². The molecule has 0 nitrogen and oxygen atoms in total. The van der Waals surface area contributed by atoms with Crippen molar-refractivity contribution in [2.45, 2.75) is 161 Å². The van der Waals surface area contributed by atoms with Gasteiger partial charge in [0, 0.05) is 6.42 Å². The normalized spacial score (nSPS) is 10.5. The molecular formula is C29H52. The Hall–Kier alpha value is -0.880. The summed E-state index contributed by atoms with van der Waals surface area (Å²) in [5.41, 5.74) is 0. The number of hydrogen-bond donors (Lipinski definition) is 0. The lowest BCUT2D eigenvalue weighted by molar-refractivity contribution is 0.518. The average Bonchev–Trinajstić information content (AvgIpc) is 2.74. The molecule has 29 heavy (non-hydrogen) atoms. The molecule has 0 aromatic heterocycles. The van der Waals surface area contributed by atoms with Crippen molar-refractivity contribution in [3.63, 3.8) is 0 Å². The third-order valence-corrected chi connectivity index (χ3v) is 6.07. The largest absolute Gasteiger partial charge is 0.106 e. The second kappa shape index (κ2) is 27.1. The standard InChI is InChI=1S/C29H52/c1-3-5-7-9-11-13-15-17-19-21-23-25-27-29-28-26-24-22-20-18-16-14-12-10-8-6-4-2/h1H,4,6,8-29H2,2H3. The first-order valence-corrected chi connectivity index (χ1v) is 13.3. The smallest absolute Gasteiger partial charge is 0.00989 e. The van der Waals surface area contributed by atoms with E-state index in [1.165, 1.54) is 148 Å². The lowest BCUT2D eigenvalue weighted by atomic mass is 10.0. The van der Waals surface area contributed by atoms with Gasteiger partial charge >= 0.3 is 0 Å². The summed E-state index contributed by atoms with van der Waals surface area (Å²) in [7, 11) is 0. The maximum Gasteiger partial charge on any atom is 0.00989 e. The molecule has 0 aliphatic carbocycles. The topological polar surface area (TPSA) is 0 Å². The molecule has 0 saturated heterocycles. The molecule has 0 aliphatic rings. The fraction of sp³-hybridized carbons (Fsp3) is 0.862. The van der Waals surface area contributed by atoms with E-state index in [9.17, 15) is 0 Å². The van der Waals surface area contributed by atoms with Gasteiger partial charge in [-0.3, -0.25) is 0 Å². The van der Waals surface area contributed by atoms with Crippen LogP contribution in [0.2, 0.25) is 0 Å². The summed E-state index contributed by atoms with van der Waals surface area (Å²) < 4.78 is 0. The molecule has 0 heteroatoms. The molecule has 0 spiro atoms. The Morgan fingerprint density at radius 2 is 0.690 bits per heavy atom. The zero-order valence-corrected chi connectivity index (χ0v) is 20.0. The van der Waals surface area contributed by atoms with E-state index in [-0.39, 0.29) is 0 Å². The van der Waals surface area contributed by atoms with Gasteiger partial charge in [-0.2, -0.15) is 0 Å². The lowest BCUT2D eigenvalue weighted by Gasteiger charge is -2.04. The molecule has 0 aromatic carbocycles. The van der Waals surface area contributed by atoms with Crippen LogP contribution in [0, 0.1) is 24.2 Å². The first-order chi connectivity index (χ1) is 14.4. The van der Waals surface area contributed by atoms with Gasteiger partial charge in [-0.25, -0.2) is 0 Å². The third-order valence-electron chi connectivity index (χ3n) is 6.07. The van der Waals surface area contributed by atoms with E-state index >= 15 is 0 Å². The SMILES string of the molecule is C#CC#CCCCCCCCCCCCCCCCCCCCCCCCCC. The summed E-state index contributed by atoms with van der Waals surface area (Å²) in [6.45, 7) is 2.30. The molecule has 0 fully saturated rings. The maximum atomic E-state index is 5.10. The summed E-state index contributed by atoms with van der Waals surface area (Å²) in [5, 5.41) is 0. The van der Waals surface area contributed by atoms with Crippen LogP contribution in [0.5, 0.6) is 0 Å². The molecule has 0 aliphatic heterocycles. The van der Waals surface area contributed by atoms with Crippen LogP contribution >= 0.6 is 0 Å². The molecule has 0 atom stereocenters. The van der Waals surface area contributed by atoms with E-state index in [4.69, 9.17) is 6.42 Å². The first-order valence-electron chi connectivity index (χ1n) is 13.3. The summed E-state index contributed by atoms with van der Waals surface area (Å²) in [5.74, 6) is 8.08. The zero-order valence-electron chi connectivity index (χ0n) is 20.0. The summed E-state index contributed by atoms with van der Waals surface area (Å²) in [6, 6.07) is 0. The van der Waals surface area contributed by atoms with Crippen molar-refractivity contribution in [2.24, 2.45) is 0 Å². The second-order valence-corrected chi connectivity index (χ2v) is 8.97. The number of rotatable bonds is 23. The van der Waals surface area contributed by atoms with Crippen molar-refractivity contribution in [1.82, 2.24) is 0 Å². The van der Waals surface area contributed by atoms with Gasteiger partial charge in [0.25, 0.3) is 0 Å². The molecule has 168 valence electrons. The van der Waals surface area contributed by atoms with Crippen LogP contribution in [-0.4, -0.2) is 0 Å². The van der Waals surface area contributed by atoms with Gasteiger partial charge in [0.05, 0.1) is 0 Å². The zero-order chi connectivity index (χ0) is 21.1. The minimum atomic E-state index is 0.976. The van der Waals surface area contributed by atoms with E-state index < -0.39 is 0 Å². The molecule has 0 bridgehead atoms. The lowest BCUT2D eigenvalue weighted by Crippen LogP contribution is -1.84. The molecule has 0 amide bonds. The monoisotopic (exact) mass is 400 g/mol. The van der Waals surface area contributed by atoms with Crippen LogP contribution in [0.3, 0.4) is 0 Å². The van der Waals surface area contributed by atoms with Gasteiger partial charge in [0.15, 0.2) is 0 Å². The molecule has 0 rings (SSSR count). The Kier molecular flexibility index (Phi) is 26.3. The van der Waals surface area contributed by atoms with Crippen molar-refractivity contribution in [1.29, 1.82) is 0 Å². The molecule has 0 radical (unpaired) electrons. The predicted octanol–water partition coefficient (Wildman–Crippen LogP) is 10.0. The van der Waals surface area contributed by atoms with Gasteiger partial charge in [0.2, 0.25) is 0 Å². The predicted molar refractivity (Wildman–Crippen MR) is 133 cm³/mol. The van der Waals surface area contributed by atoms with E-state index in [2.05, 4.69) is 24.7 Å². The van der Waals surface area contributed by atoms with Crippen molar-refractivity contribution in [3.05, 3.63) is 0 Å². The van der Waals surface area contributed by atoms with Crippen molar-refractivity contribution < 1.29 is 0 Å². The van der Waals surface area contributed by atoms with Gasteiger partial charge in [0.1, 0.15) is 0 Å². The van der Waals surface area contributed by atoms with Crippen LogP contribution in [0.1, 0.15) is 161 Å². The van der Waals surface area contributed by atoms with Crippen molar-refractivity contribution >= 4 is 0 Å². The van der Waals surface area contributed by atoms with Crippen LogP contribution in [-0.2, 0) is 0 Å². The summed E-state index contributed by atoms with van der Waals surface area (Å²) in [4.78, 5) is 0. The molecule has 0 N–H and O–H groups in total.